The molecule has 4 N–H and O–H groups in total. The summed E-state index contributed by atoms with van der Waals surface area (Å²) in [5, 5.41) is 27.8. The highest BCUT2D eigenvalue weighted by molar-refractivity contribution is 5.97. The molecule has 0 radical (unpaired) electrons. The van der Waals surface area contributed by atoms with E-state index in [2.05, 4.69) is 15.5 Å². The van der Waals surface area contributed by atoms with Gasteiger partial charge in [0.05, 0.1) is 24.4 Å². The molecular weight excluding hydrogens is 222 g/mol. The van der Waals surface area contributed by atoms with Crippen LogP contribution in [0.1, 0.15) is 10.4 Å². The number of aromatic nitrogens is 2. The van der Waals surface area contributed by atoms with E-state index >= 15 is 0 Å². The summed E-state index contributed by atoms with van der Waals surface area (Å²) >= 11 is 0. The van der Waals surface area contributed by atoms with Crippen molar-refractivity contribution in [2.45, 2.75) is 6.10 Å². The van der Waals surface area contributed by atoms with Crippen molar-refractivity contribution in [3.05, 3.63) is 30.0 Å². The maximum atomic E-state index is 11.7. The fourth-order valence-corrected chi connectivity index (χ4v) is 1.46. The van der Waals surface area contributed by atoms with Crippen LogP contribution >= 0.6 is 0 Å². The summed E-state index contributed by atoms with van der Waals surface area (Å²) in [6.07, 6.45) is 0.700. The Bertz CT molecular complexity index is 523. The van der Waals surface area contributed by atoms with Crippen LogP contribution in [0.3, 0.4) is 0 Å². The summed E-state index contributed by atoms with van der Waals surface area (Å²) in [6.45, 7) is -0.347. The minimum atomic E-state index is -0.934. The molecule has 1 atom stereocenters. The minimum Gasteiger partial charge on any atom is -0.394 e. The van der Waals surface area contributed by atoms with Crippen molar-refractivity contribution in [1.29, 1.82) is 0 Å². The largest absolute Gasteiger partial charge is 0.394 e. The van der Waals surface area contributed by atoms with E-state index in [1.165, 1.54) is 0 Å². The van der Waals surface area contributed by atoms with Gasteiger partial charge in [-0.1, -0.05) is 0 Å². The first-order valence-corrected chi connectivity index (χ1v) is 5.21. The smallest absolute Gasteiger partial charge is 0.251 e. The number of aliphatic hydroxyl groups is 2. The van der Waals surface area contributed by atoms with Crippen LogP contribution in [0.2, 0.25) is 0 Å². The van der Waals surface area contributed by atoms with Gasteiger partial charge in [-0.2, -0.15) is 5.10 Å². The molecule has 0 aliphatic heterocycles. The molecule has 0 aliphatic rings. The van der Waals surface area contributed by atoms with E-state index in [4.69, 9.17) is 10.2 Å². The van der Waals surface area contributed by atoms with Crippen LogP contribution in [0.4, 0.5) is 0 Å². The molecule has 1 aromatic heterocycles. The Balaban J connectivity index is 2.08. The van der Waals surface area contributed by atoms with Crippen molar-refractivity contribution < 1.29 is 15.0 Å². The lowest BCUT2D eigenvalue weighted by molar-refractivity contribution is 0.0802. The van der Waals surface area contributed by atoms with Gasteiger partial charge >= 0.3 is 0 Å². The molecule has 1 heterocycles. The van der Waals surface area contributed by atoms with Crippen molar-refractivity contribution in [2.75, 3.05) is 13.2 Å². The van der Waals surface area contributed by atoms with Crippen LogP contribution in [-0.2, 0) is 0 Å². The zero-order valence-corrected chi connectivity index (χ0v) is 9.05. The maximum absolute atomic E-state index is 11.7. The van der Waals surface area contributed by atoms with Gasteiger partial charge in [0.15, 0.2) is 0 Å². The van der Waals surface area contributed by atoms with E-state index in [0.717, 1.165) is 10.9 Å². The number of amides is 1. The van der Waals surface area contributed by atoms with Gasteiger partial charge in [0, 0.05) is 17.5 Å². The number of rotatable bonds is 4. The van der Waals surface area contributed by atoms with Crippen LogP contribution in [-0.4, -0.2) is 45.6 Å². The van der Waals surface area contributed by atoms with Crippen LogP contribution in [0.15, 0.2) is 24.4 Å². The molecule has 17 heavy (non-hydrogen) atoms. The number of hydrogen-bond acceptors (Lipinski definition) is 4. The van der Waals surface area contributed by atoms with E-state index in [1.54, 1.807) is 24.4 Å². The number of carbonyl (C=O) groups excluding carboxylic acids is 1. The Kier molecular flexibility index (Phi) is 3.36. The van der Waals surface area contributed by atoms with Gasteiger partial charge in [-0.05, 0) is 18.2 Å². The first-order valence-electron chi connectivity index (χ1n) is 5.21. The molecule has 1 unspecified atom stereocenters. The topological polar surface area (TPSA) is 98.2 Å². The van der Waals surface area contributed by atoms with Gasteiger partial charge in [-0.15, -0.1) is 0 Å². The van der Waals surface area contributed by atoms with E-state index in [1.807, 2.05) is 0 Å². The highest BCUT2D eigenvalue weighted by atomic mass is 16.3. The second-order valence-electron chi connectivity index (χ2n) is 3.72. The average Bonchev–Trinajstić information content (AvgIpc) is 2.82. The maximum Gasteiger partial charge on any atom is 0.251 e. The predicted molar refractivity (Wildman–Crippen MR) is 61.5 cm³/mol. The third-order valence-corrected chi connectivity index (χ3v) is 2.41. The first-order chi connectivity index (χ1) is 8.20. The highest BCUT2D eigenvalue weighted by Gasteiger charge is 2.09. The molecule has 6 heteroatoms. The lowest BCUT2D eigenvalue weighted by Crippen LogP contribution is -2.33. The monoisotopic (exact) mass is 235 g/mol. The Morgan fingerprint density at radius 1 is 1.53 bits per heavy atom. The molecule has 2 aromatic rings. The van der Waals surface area contributed by atoms with Crippen LogP contribution in [0, 0.1) is 0 Å². The van der Waals surface area contributed by atoms with Crippen molar-refractivity contribution >= 4 is 16.8 Å². The summed E-state index contributed by atoms with van der Waals surface area (Å²) in [7, 11) is 0. The van der Waals surface area contributed by atoms with Crippen LogP contribution in [0.25, 0.3) is 10.9 Å². The Hall–Kier alpha value is -1.92. The Morgan fingerprint density at radius 3 is 3.12 bits per heavy atom. The third kappa shape index (κ3) is 2.61. The number of fused-ring (bicyclic) bond motifs is 1. The van der Waals surface area contributed by atoms with Gasteiger partial charge in [0.2, 0.25) is 0 Å². The fourth-order valence-electron chi connectivity index (χ4n) is 1.46. The fraction of sp³-hybridized carbons (Fsp3) is 0.273. The quantitative estimate of drug-likeness (QED) is 0.582. The van der Waals surface area contributed by atoms with Gasteiger partial charge in [-0.25, -0.2) is 0 Å². The van der Waals surface area contributed by atoms with Crippen LogP contribution in [0.5, 0.6) is 0 Å². The summed E-state index contributed by atoms with van der Waals surface area (Å²) in [5.74, 6) is -0.291. The van der Waals surface area contributed by atoms with Gasteiger partial charge in [0.1, 0.15) is 0 Å². The van der Waals surface area contributed by atoms with Crippen LogP contribution < -0.4 is 5.32 Å². The predicted octanol–water partition coefficient (Wildman–Crippen LogP) is -0.354. The molecule has 6 nitrogen and oxygen atoms in total. The van der Waals surface area contributed by atoms with Gasteiger partial charge in [-0.3, -0.25) is 9.89 Å². The lowest BCUT2D eigenvalue weighted by Gasteiger charge is -2.08. The molecule has 0 spiro atoms. The normalized spacial score (nSPS) is 12.6. The number of carbonyl (C=O) groups is 1. The number of nitrogens with one attached hydrogen (secondary N) is 2. The van der Waals surface area contributed by atoms with Crippen molar-refractivity contribution in [1.82, 2.24) is 15.5 Å². The minimum absolute atomic E-state index is 0.0265. The third-order valence-electron chi connectivity index (χ3n) is 2.41. The molecule has 0 aliphatic carbocycles. The van der Waals surface area contributed by atoms with Crippen molar-refractivity contribution in [2.24, 2.45) is 0 Å². The summed E-state index contributed by atoms with van der Waals surface area (Å²) in [4.78, 5) is 11.7. The Labute approximate surface area is 97.3 Å². The number of hydrogen-bond donors (Lipinski definition) is 4. The molecule has 1 aromatic carbocycles. The SMILES string of the molecule is O=C(NCC(O)CO)c1ccc2[nH]ncc2c1. The number of aromatic amines is 1. The number of aliphatic hydroxyl groups excluding tert-OH is 2. The van der Waals surface area contributed by atoms with Gasteiger partial charge in [0.25, 0.3) is 5.91 Å². The highest BCUT2D eigenvalue weighted by Crippen LogP contribution is 2.12. The molecule has 90 valence electrons. The Morgan fingerprint density at radius 2 is 2.35 bits per heavy atom. The number of nitrogens with zero attached hydrogens (tertiary/aromatic N) is 1. The second kappa shape index (κ2) is 4.94. The summed E-state index contributed by atoms with van der Waals surface area (Å²) in [6, 6.07) is 5.14. The molecular formula is C11H13N3O3. The molecule has 1 amide bonds. The molecule has 0 bridgehead atoms. The molecule has 0 saturated carbocycles. The molecule has 0 saturated heterocycles. The van der Waals surface area contributed by atoms with Crippen molar-refractivity contribution in [3.8, 4) is 0 Å². The number of H-pyrrole nitrogens is 1. The van der Waals surface area contributed by atoms with E-state index < -0.39 is 6.10 Å². The zero-order chi connectivity index (χ0) is 12.3. The first kappa shape index (κ1) is 11.6. The second-order valence-corrected chi connectivity index (χ2v) is 3.72. The standard InChI is InChI=1S/C11H13N3O3/c15-6-9(16)5-12-11(17)7-1-2-10-8(3-7)4-13-14-10/h1-4,9,15-16H,5-6H2,(H,12,17)(H,13,14). The summed E-state index contributed by atoms with van der Waals surface area (Å²) in [5.41, 5.74) is 1.35. The van der Waals surface area contributed by atoms with Crippen molar-refractivity contribution in [3.63, 3.8) is 0 Å². The molecule has 2 rings (SSSR count). The zero-order valence-electron chi connectivity index (χ0n) is 9.05. The van der Waals surface area contributed by atoms with Gasteiger partial charge < -0.3 is 15.5 Å². The average molecular weight is 235 g/mol. The van der Waals surface area contributed by atoms with E-state index in [-0.39, 0.29) is 19.1 Å². The molecule has 0 fully saturated rings. The summed E-state index contributed by atoms with van der Waals surface area (Å²) < 4.78 is 0. The number of benzene rings is 1. The van der Waals surface area contributed by atoms with E-state index in [9.17, 15) is 4.79 Å². The lowest BCUT2D eigenvalue weighted by atomic mass is 10.1. The van der Waals surface area contributed by atoms with E-state index in [0.29, 0.717) is 5.56 Å².